The van der Waals surface area contributed by atoms with Crippen LogP contribution < -0.4 is 10.9 Å². The second-order valence-electron chi connectivity index (χ2n) is 6.11. The van der Waals surface area contributed by atoms with Crippen molar-refractivity contribution >= 4 is 29.1 Å². The fourth-order valence-electron chi connectivity index (χ4n) is 3.86. The lowest BCUT2D eigenvalue weighted by molar-refractivity contribution is -0.149. The van der Waals surface area contributed by atoms with Crippen LogP contribution in [0.15, 0.2) is 11.4 Å². The van der Waals surface area contributed by atoms with Gasteiger partial charge in [-0.25, -0.2) is 0 Å². The minimum Gasteiger partial charge on any atom is -0.481 e. The number of nitrogens with one attached hydrogen (secondary N) is 2. The molecule has 2 saturated carbocycles. The molecule has 0 aromatic carbocycles. The van der Waals surface area contributed by atoms with Crippen LogP contribution in [0.25, 0.3) is 0 Å². The molecule has 0 spiro atoms. The molecule has 7 heteroatoms. The van der Waals surface area contributed by atoms with Gasteiger partial charge < -0.3 is 5.11 Å². The van der Waals surface area contributed by atoms with Gasteiger partial charge in [0.05, 0.1) is 17.4 Å². The fraction of sp³-hybridized carbons (Fsp3) is 0.533. The number of thiophene rings is 1. The van der Waals surface area contributed by atoms with Crippen LogP contribution in [0.5, 0.6) is 0 Å². The minimum absolute atomic E-state index is 0.0912. The molecule has 2 amide bonds. The third kappa shape index (κ3) is 2.61. The number of hydrazine groups is 1. The summed E-state index contributed by atoms with van der Waals surface area (Å²) in [4.78, 5) is 36.6. The number of amides is 2. The number of aryl methyl sites for hydroxylation is 1. The van der Waals surface area contributed by atoms with Crippen LogP contribution in [-0.4, -0.2) is 22.9 Å². The van der Waals surface area contributed by atoms with E-state index in [0.717, 1.165) is 24.1 Å². The molecule has 2 bridgehead atoms. The van der Waals surface area contributed by atoms with Gasteiger partial charge in [0.15, 0.2) is 0 Å². The number of aliphatic carboxylic acids is 1. The molecule has 2 aliphatic carbocycles. The van der Waals surface area contributed by atoms with Crippen molar-refractivity contribution in [2.45, 2.75) is 26.2 Å². The zero-order valence-electron chi connectivity index (χ0n) is 12.2. The molecule has 3 N–H and O–H groups in total. The number of carbonyl (C=O) groups is 3. The van der Waals surface area contributed by atoms with Gasteiger partial charge in [0.2, 0.25) is 5.91 Å². The zero-order valence-corrected chi connectivity index (χ0v) is 13.0. The van der Waals surface area contributed by atoms with Gasteiger partial charge in [0.25, 0.3) is 5.91 Å². The average Bonchev–Trinajstić information content (AvgIpc) is 3.18. The normalized spacial score (nSPS) is 29.3. The van der Waals surface area contributed by atoms with Gasteiger partial charge in [-0.1, -0.05) is 0 Å². The van der Waals surface area contributed by atoms with Crippen molar-refractivity contribution in [1.29, 1.82) is 0 Å². The minimum atomic E-state index is -0.910. The molecule has 2 aliphatic rings. The Morgan fingerprint density at radius 1 is 1.18 bits per heavy atom. The highest BCUT2D eigenvalue weighted by Crippen LogP contribution is 2.52. The van der Waals surface area contributed by atoms with E-state index < -0.39 is 17.8 Å². The molecule has 0 unspecified atom stereocenters. The molecule has 2 fully saturated rings. The molecule has 22 heavy (non-hydrogen) atoms. The highest BCUT2D eigenvalue weighted by atomic mass is 32.1. The Morgan fingerprint density at radius 3 is 2.45 bits per heavy atom. The Kier molecular flexibility index (Phi) is 3.90. The van der Waals surface area contributed by atoms with Crippen LogP contribution in [0.3, 0.4) is 0 Å². The number of carbonyl (C=O) groups excluding carboxylic acids is 2. The topological polar surface area (TPSA) is 95.5 Å². The summed E-state index contributed by atoms with van der Waals surface area (Å²) in [6.45, 7) is 1.90. The lowest BCUT2D eigenvalue weighted by atomic mass is 9.79. The van der Waals surface area contributed by atoms with Crippen LogP contribution in [0.4, 0.5) is 0 Å². The van der Waals surface area contributed by atoms with Crippen LogP contribution in [-0.2, 0) is 9.59 Å². The number of rotatable bonds is 3. The Morgan fingerprint density at radius 2 is 1.86 bits per heavy atom. The van der Waals surface area contributed by atoms with Gasteiger partial charge in [0, 0.05) is 10.3 Å². The molecule has 1 heterocycles. The van der Waals surface area contributed by atoms with Gasteiger partial charge in [-0.05, 0) is 44.1 Å². The Labute approximate surface area is 131 Å². The van der Waals surface area contributed by atoms with Crippen molar-refractivity contribution in [3.8, 4) is 0 Å². The SMILES string of the molecule is Cc1cc(C(=O)NNC(=O)[C@@H]2[C@H]3CC[C@@H](C3)[C@H]2C(=O)O)cs1. The Bertz CT molecular complexity index is 627. The first-order valence-electron chi connectivity index (χ1n) is 7.35. The molecule has 6 nitrogen and oxygen atoms in total. The van der Waals surface area contributed by atoms with Crippen molar-refractivity contribution in [3.05, 3.63) is 21.9 Å². The molecular weight excluding hydrogens is 304 g/mol. The smallest absolute Gasteiger partial charge is 0.307 e. The Hall–Kier alpha value is -1.89. The van der Waals surface area contributed by atoms with Gasteiger partial charge in [-0.3, -0.25) is 25.2 Å². The zero-order chi connectivity index (χ0) is 15.9. The monoisotopic (exact) mass is 322 g/mol. The van der Waals surface area contributed by atoms with Crippen LogP contribution in [0.1, 0.15) is 34.5 Å². The van der Waals surface area contributed by atoms with Gasteiger partial charge in [0.1, 0.15) is 0 Å². The van der Waals surface area contributed by atoms with Crippen LogP contribution in [0, 0.1) is 30.6 Å². The summed E-state index contributed by atoms with van der Waals surface area (Å²) in [6, 6.07) is 1.74. The first-order valence-corrected chi connectivity index (χ1v) is 8.23. The summed E-state index contributed by atoms with van der Waals surface area (Å²) < 4.78 is 0. The molecule has 0 saturated heterocycles. The molecular formula is C15H18N2O4S. The lowest BCUT2D eigenvalue weighted by Gasteiger charge is -2.26. The van der Waals surface area contributed by atoms with E-state index in [0.29, 0.717) is 5.56 Å². The number of hydrogen-bond donors (Lipinski definition) is 3. The third-order valence-electron chi connectivity index (χ3n) is 4.80. The number of carboxylic acids is 1. The standard InChI is InChI=1S/C15H18N2O4S/c1-7-4-10(6-22-7)13(18)16-17-14(19)11-8-2-3-9(5-8)12(11)15(20)21/h4,6,8-9,11-12H,2-3,5H2,1H3,(H,16,18)(H,17,19)(H,20,21)/t8-,9-,11+,12+/m0/s1. The van der Waals surface area contributed by atoms with Crippen LogP contribution in [0.2, 0.25) is 0 Å². The maximum absolute atomic E-state index is 12.3. The van der Waals surface area contributed by atoms with Gasteiger partial charge in [-0.15, -0.1) is 11.3 Å². The predicted molar refractivity (Wildman–Crippen MR) is 80.1 cm³/mol. The summed E-state index contributed by atoms with van der Waals surface area (Å²) in [6.07, 6.45) is 2.57. The summed E-state index contributed by atoms with van der Waals surface area (Å²) in [5.41, 5.74) is 5.28. The van der Waals surface area contributed by atoms with Crippen molar-refractivity contribution in [2.24, 2.45) is 23.7 Å². The summed E-state index contributed by atoms with van der Waals surface area (Å²) in [5.74, 6) is -2.64. The Balaban J connectivity index is 1.62. The number of fused-ring (bicyclic) bond motifs is 2. The molecule has 4 atom stereocenters. The van der Waals surface area contributed by atoms with E-state index in [4.69, 9.17) is 0 Å². The van der Waals surface area contributed by atoms with Crippen molar-refractivity contribution in [2.75, 3.05) is 0 Å². The second kappa shape index (κ2) is 5.72. The number of carboxylic acid groups (broad SMARTS) is 1. The molecule has 1 aromatic heterocycles. The first-order chi connectivity index (χ1) is 10.5. The largest absolute Gasteiger partial charge is 0.481 e. The van der Waals surface area contributed by atoms with E-state index in [2.05, 4.69) is 10.9 Å². The highest BCUT2D eigenvalue weighted by molar-refractivity contribution is 7.10. The van der Waals surface area contributed by atoms with E-state index in [1.54, 1.807) is 11.4 Å². The van der Waals surface area contributed by atoms with E-state index in [-0.39, 0.29) is 23.7 Å². The second-order valence-corrected chi connectivity index (χ2v) is 7.23. The molecule has 3 rings (SSSR count). The predicted octanol–water partition coefficient (Wildman–Crippen LogP) is 1.56. The van der Waals surface area contributed by atoms with Crippen LogP contribution >= 0.6 is 11.3 Å². The van der Waals surface area contributed by atoms with Crippen molar-refractivity contribution in [1.82, 2.24) is 10.9 Å². The first kappa shape index (κ1) is 15.0. The van der Waals surface area contributed by atoms with E-state index in [1.165, 1.54) is 11.3 Å². The summed E-state index contributed by atoms with van der Waals surface area (Å²) >= 11 is 1.46. The molecule has 0 aliphatic heterocycles. The van der Waals surface area contributed by atoms with Crippen molar-refractivity contribution in [3.63, 3.8) is 0 Å². The lowest BCUT2D eigenvalue weighted by Crippen LogP contribution is -2.48. The van der Waals surface area contributed by atoms with E-state index in [9.17, 15) is 19.5 Å². The van der Waals surface area contributed by atoms with Gasteiger partial charge >= 0.3 is 5.97 Å². The van der Waals surface area contributed by atoms with E-state index >= 15 is 0 Å². The highest BCUT2D eigenvalue weighted by Gasteiger charge is 2.54. The molecule has 118 valence electrons. The van der Waals surface area contributed by atoms with E-state index in [1.807, 2.05) is 6.92 Å². The molecule has 1 aromatic rings. The maximum Gasteiger partial charge on any atom is 0.307 e. The van der Waals surface area contributed by atoms with Crippen molar-refractivity contribution < 1.29 is 19.5 Å². The average molecular weight is 322 g/mol. The number of hydrogen-bond acceptors (Lipinski definition) is 4. The maximum atomic E-state index is 12.3. The molecule has 0 radical (unpaired) electrons. The summed E-state index contributed by atoms with van der Waals surface area (Å²) in [5, 5.41) is 11.1. The third-order valence-corrected chi connectivity index (χ3v) is 5.66. The quantitative estimate of drug-likeness (QED) is 0.736. The van der Waals surface area contributed by atoms with Gasteiger partial charge in [-0.2, -0.15) is 0 Å². The summed E-state index contributed by atoms with van der Waals surface area (Å²) in [7, 11) is 0. The fourth-order valence-corrected chi connectivity index (χ4v) is 4.54.